The van der Waals surface area contributed by atoms with Crippen LogP contribution in [0.2, 0.25) is 0 Å². The van der Waals surface area contributed by atoms with E-state index in [-0.39, 0.29) is 21.0 Å². The lowest BCUT2D eigenvalue weighted by molar-refractivity contribution is -0.308. The third-order valence-corrected chi connectivity index (χ3v) is 2.25. The molecule has 1 fully saturated rings. The predicted octanol–water partition coefficient (Wildman–Crippen LogP) is -0.517. The van der Waals surface area contributed by atoms with E-state index in [2.05, 4.69) is 0 Å². The fourth-order valence-electron chi connectivity index (χ4n) is 1.45. The van der Waals surface area contributed by atoms with Crippen molar-refractivity contribution in [3.8, 4) is 0 Å². The van der Waals surface area contributed by atoms with Crippen LogP contribution in [0.25, 0.3) is 0 Å². The van der Waals surface area contributed by atoms with Gasteiger partial charge in [0, 0.05) is 0 Å². The Morgan fingerprint density at radius 1 is 1.06 bits per heavy atom. The van der Waals surface area contributed by atoms with Gasteiger partial charge in [0.15, 0.2) is 6.29 Å². The summed E-state index contributed by atoms with van der Waals surface area (Å²) < 4.78 is 10.3. The minimum atomic E-state index is -1.38. The minimum Gasteiger partial charge on any atom is -0.394 e. The first-order chi connectivity index (χ1) is 6.97. The molecule has 0 spiro atoms. The Labute approximate surface area is 103 Å². The van der Waals surface area contributed by atoms with Crippen molar-refractivity contribution in [1.82, 2.24) is 0 Å². The van der Waals surface area contributed by atoms with Gasteiger partial charge in [0.25, 0.3) is 0 Å². The molecule has 0 bridgehead atoms. The number of hydrogen-bond donors (Lipinski definition) is 4. The smallest absolute Gasteiger partial charge is 0.186 e. The first-order valence-electron chi connectivity index (χ1n) is 4.93. The maximum atomic E-state index is 9.53. The van der Waals surface area contributed by atoms with E-state index < -0.39 is 37.3 Å². The number of aliphatic hydroxyl groups is 4. The van der Waals surface area contributed by atoms with Crippen LogP contribution in [-0.2, 0) is 9.47 Å². The van der Waals surface area contributed by atoms with Gasteiger partial charge < -0.3 is 29.9 Å². The molecule has 0 saturated carbocycles. The molecule has 0 amide bonds. The number of rotatable bonds is 3. The van der Waals surface area contributed by atoms with E-state index in [1.165, 1.54) is 0 Å². The molecule has 6 heteroatoms. The first kappa shape index (κ1) is 19.1. The zero-order valence-electron chi connectivity index (χ0n) is 8.78. The number of hydrogen-bond acceptors (Lipinski definition) is 6. The third kappa shape index (κ3) is 4.50. The van der Waals surface area contributed by atoms with Crippen LogP contribution in [0, 0.1) is 0 Å². The van der Waals surface area contributed by atoms with Crippen molar-refractivity contribution in [2.45, 2.75) is 65.5 Å². The largest absolute Gasteiger partial charge is 0.394 e. The normalized spacial score (nSPS) is 37.2. The molecule has 4 N–H and O–H groups in total. The molecule has 1 saturated heterocycles. The van der Waals surface area contributed by atoms with Crippen molar-refractivity contribution < 1.29 is 29.9 Å². The lowest BCUT2D eigenvalue weighted by Crippen LogP contribution is -2.59. The predicted molar refractivity (Wildman–Crippen MR) is 63.5 cm³/mol. The van der Waals surface area contributed by atoms with E-state index in [0.717, 1.165) is 0 Å². The Morgan fingerprint density at radius 3 is 2.00 bits per heavy atom. The highest BCUT2D eigenvalue weighted by Gasteiger charge is 2.44. The van der Waals surface area contributed by atoms with Crippen molar-refractivity contribution in [2.75, 3.05) is 6.61 Å². The van der Waals surface area contributed by atoms with Crippen molar-refractivity contribution in [3.05, 3.63) is 0 Å². The second-order valence-corrected chi connectivity index (χ2v) is 3.88. The zero-order chi connectivity index (χ0) is 11.6. The van der Waals surface area contributed by atoms with E-state index in [1.54, 1.807) is 13.8 Å². The Kier molecular flexibility index (Phi) is 8.95. The highest BCUT2D eigenvalue weighted by molar-refractivity contribution is 4.88. The number of aliphatic hydroxyl groups excluding tert-OH is 4. The van der Waals surface area contributed by atoms with Crippen LogP contribution in [0.15, 0.2) is 0 Å². The lowest BCUT2D eigenvalue weighted by Gasteiger charge is -2.40. The van der Waals surface area contributed by atoms with Crippen LogP contribution in [0.3, 0.4) is 0 Å². The molecule has 1 heterocycles. The van der Waals surface area contributed by atoms with Gasteiger partial charge in [0.2, 0.25) is 0 Å². The average Bonchev–Trinajstić information content (AvgIpc) is 2.18. The molecule has 5 atom stereocenters. The summed E-state index contributed by atoms with van der Waals surface area (Å²) in [6, 6.07) is 0. The van der Waals surface area contributed by atoms with Gasteiger partial charge in [-0.15, -0.1) is 0 Å². The Bertz CT molecular complexity index is 196. The van der Waals surface area contributed by atoms with E-state index in [9.17, 15) is 15.3 Å². The second kappa shape index (κ2) is 7.97. The topological polar surface area (TPSA) is 99.4 Å². The molecular weight excluding hydrogens is 228 g/mol. The third-order valence-electron chi connectivity index (χ3n) is 2.25. The van der Waals surface area contributed by atoms with E-state index in [1.807, 2.05) is 0 Å². The summed E-state index contributed by atoms with van der Waals surface area (Å²) in [7, 11) is 0. The van der Waals surface area contributed by atoms with Gasteiger partial charge in [-0.05, 0) is 13.8 Å². The summed E-state index contributed by atoms with van der Waals surface area (Å²) in [5, 5.41) is 37.3. The molecule has 0 radical (unpaired) electrons. The highest BCUT2D eigenvalue weighted by atomic mass is 16.7. The summed E-state index contributed by atoms with van der Waals surface area (Å²) in [5.41, 5.74) is 0. The van der Waals surface area contributed by atoms with Crippen LogP contribution in [0.1, 0.15) is 28.7 Å². The van der Waals surface area contributed by atoms with Crippen molar-refractivity contribution in [2.24, 2.45) is 0 Å². The second-order valence-electron chi connectivity index (χ2n) is 3.88. The van der Waals surface area contributed by atoms with Crippen molar-refractivity contribution >= 4 is 0 Å². The van der Waals surface area contributed by atoms with Crippen LogP contribution < -0.4 is 0 Å². The van der Waals surface area contributed by atoms with Gasteiger partial charge in [-0.2, -0.15) is 0 Å². The fourth-order valence-corrected chi connectivity index (χ4v) is 1.45. The fraction of sp³-hybridized carbons (Fsp3) is 1.00. The zero-order valence-corrected chi connectivity index (χ0v) is 8.78. The van der Waals surface area contributed by atoms with Crippen LogP contribution in [0.4, 0.5) is 0 Å². The van der Waals surface area contributed by atoms with Gasteiger partial charge >= 0.3 is 0 Å². The maximum absolute atomic E-state index is 9.53. The van der Waals surface area contributed by atoms with E-state index in [0.29, 0.717) is 0 Å². The molecule has 6 nitrogen and oxygen atoms in total. The molecule has 1 aliphatic rings. The van der Waals surface area contributed by atoms with Crippen molar-refractivity contribution in [3.63, 3.8) is 0 Å². The number of ether oxygens (including phenoxy) is 2. The Balaban J connectivity index is 0. The Hall–Kier alpha value is -0.240. The molecule has 0 aromatic heterocycles. The molecule has 0 aliphatic carbocycles. The molecule has 1 rings (SSSR count). The van der Waals surface area contributed by atoms with Crippen LogP contribution >= 0.6 is 0 Å². The minimum absolute atomic E-state index is 0. The SMILES string of the molecule is C.C.CC(C)O[C@H]1OC(CO)[C@@H](O)[C@H](O)C1O. The summed E-state index contributed by atoms with van der Waals surface area (Å²) in [4.78, 5) is 0. The van der Waals surface area contributed by atoms with Gasteiger partial charge in [-0.1, -0.05) is 14.9 Å². The van der Waals surface area contributed by atoms with Gasteiger partial charge in [0.1, 0.15) is 24.4 Å². The van der Waals surface area contributed by atoms with Gasteiger partial charge in [0.05, 0.1) is 12.7 Å². The highest BCUT2D eigenvalue weighted by Crippen LogP contribution is 2.22. The molecular formula is C11H26O6. The Morgan fingerprint density at radius 2 is 1.59 bits per heavy atom. The molecule has 1 aliphatic heterocycles. The van der Waals surface area contributed by atoms with Crippen molar-refractivity contribution in [1.29, 1.82) is 0 Å². The summed E-state index contributed by atoms with van der Waals surface area (Å²) in [6.45, 7) is 3.06. The quantitative estimate of drug-likeness (QED) is 0.541. The average molecular weight is 254 g/mol. The summed E-state index contributed by atoms with van der Waals surface area (Å²) >= 11 is 0. The van der Waals surface area contributed by atoms with E-state index >= 15 is 0 Å². The monoisotopic (exact) mass is 254 g/mol. The summed E-state index contributed by atoms with van der Waals surface area (Å²) in [5.74, 6) is 0. The van der Waals surface area contributed by atoms with Crippen LogP contribution in [0.5, 0.6) is 0 Å². The lowest BCUT2D eigenvalue weighted by atomic mass is 9.99. The first-order valence-corrected chi connectivity index (χ1v) is 4.93. The van der Waals surface area contributed by atoms with Gasteiger partial charge in [-0.25, -0.2) is 0 Å². The summed E-state index contributed by atoms with van der Waals surface area (Å²) in [6.07, 6.45) is -6.15. The van der Waals surface area contributed by atoms with E-state index in [4.69, 9.17) is 14.6 Å². The molecule has 2 unspecified atom stereocenters. The molecule has 17 heavy (non-hydrogen) atoms. The molecule has 0 aromatic rings. The van der Waals surface area contributed by atoms with Gasteiger partial charge in [-0.3, -0.25) is 0 Å². The molecule has 0 aromatic carbocycles. The standard InChI is InChI=1S/C9H18O6.2CH4/c1-4(2)14-9-8(13)7(12)6(11)5(3-10)15-9;;/h4-13H,3H2,1-2H3;2*1H4/t5?,6-,7+,8?,9+;;/m1../s1. The maximum Gasteiger partial charge on any atom is 0.186 e. The van der Waals surface area contributed by atoms with Crippen LogP contribution in [-0.4, -0.2) is 63.8 Å². The molecule has 106 valence electrons.